The van der Waals surface area contributed by atoms with Gasteiger partial charge in [0.05, 0.1) is 11.4 Å². The molecule has 0 atom stereocenters. The van der Waals surface area contributed by atoms with Crippen molar-refractivity contribution in [2.75, 3.05) is 0 Å². The molecule has 4 nitrogen and oxygen atoms in total. The summed E-state index contributed by atoms with van der Waals surface area (Å²) in [4.78, 5) is 20.4. The van der Waals surface area contributed by atoms with Crippen LogP contribution in [0.5, 0.6) is 0 Å². The summed E-state index contributed by atoms with van der Waals surface area (Å²) in [5, 5.41) is 2.44. The van der Waals surface area contributed by atoms with Crippen LogP contribution in [0.3, 0.4) is 0 Å². The van der Waals surface area contributed by atoms with Gasteiger partial charge in [0.25, 0.3) is 0 Å². The number of halogens is 1. The molecule has 3 heterocycles. The topological polar surface area (TPSA) is 50.5 Å². The van der Waals surface area contributed by atoms with E-state index in [9.17, 15) is 0 Å². The predicted octanol–water partition coefficient (Wildman–Crippen LogP) is 11.2. The van der Waals surface area contributed by atoms with Crippen molar-refractivity contribution >= 4 is 65.4 Å². The second-order valence-electron chi connectivity index (χ2n) is 11.7. The van der Waals surface area contributed by atoms with E-state index in [4.69, 9.17) is 20.0 Å². The van der Waals surface area contributed by atoms with Gasteiger partial charge in [0, 0.05) is 53.6 Å². The molecule has 8 aromatic rings. The van der Waals surface area contributed by atoms with Crippen LogP contribution in [0.15, 0.2) is 174 Å². The van der Waals surface area contributed by atoms with E-state index in [1.54, 1.807) is 0 Å². The highest BCUT2D eigenvalue weighted by Gasteiger charge is 2.18. The van der Waals surface area contributed by atoms with Gasteiger partial charge in [0.2, 0.25) is 0 Å². The summed E-state index contributed by atoms with van der Waals surface area (Å²) in [6.45, 7) is 0. The molecule has 0 unspecified atom stereocenters. The lowest BCUT2D eigenvalue weighted by Gasteiger charge is -2.13. The smallest absolute Gasteiger partial charge is 0.161 e. The van der Waals surface area contributed by atoms with Crippen molar-refractivity contribution in [3.63, 3.8) is 0 Å². The fourth-order valence-electron chi connectivity index (χ4n) is 6.00. The molecule has 0 aliphatic carbocycles. The zero-order valence-corrected chi connectivity index (χ0v) is 29.1. The summed E-state index contributed by atoms with van der Waals surface area (Å²) in [6, 6.07) is 57.0. The Kier molecular flexibility index (Phi) is 7.80. The average molecular weight is 759 g/mol. The summed E-state index contributed by atoms with van der Waals surface area (Å²) in [6.07, 6.45) is 0. The number of aliphatic imine (C=N–C) groups is 2. The molecule has 6 aromatic carbocycles. The third-order valence-corrected chi connectivity index (χ3v) is 12.3. The highest BCUT2D eigenvalue weighted by Crippen LogP contribution is 2.38. The molecule has 0 amide bonds. The van der Waals surface area contributed by atoms with Gasteiger partial charge >= 0.3 is 0 Å². The minimum Gasteiger partial charge on any atom is -0.228 e. The average Bonchev–Trinajstić information content (AvgIpc) is 3.56. The Morgan fingerprint density at radius 2 is 0.980 bits per heavy atom. The quantitative estimate of drug-likeness (QED) is 0.159. The van der Waals surface area contributed by atoms with Crippen LogP contribution in [-0.4, -0.2) is 23.2 Å². The Morgan fingerprint density at radius 3 is 1.61 bits per heavy atom. The minimum atomic E-state index is -0.589. The van der Waals surface area contributed by atoms with E-state index < -0.39 is 20.7 Å². The standard InChI is InChI=1S/C43H27IN4S/c1-5-13-28(14-6-1)36-27-37(29-15-7-2-8-16-29)46-43(45-36)33-22-24-38-35(25-33)34-23-21-32(26-39(34)49-38)41-44-40(30-17-9-3-10-18-30)47-42(48-41)31-19-11-4-12-20-31/h1-27H. The van der Waals surface area contributed by atoms with Gasteiger partial charge in [-0.15, -0.1) is 11.3 Å². The molecule has 6 heteroatoms. The number of hydrogen-bond donors (Lipinski definition) is 0. The maximum Gasteiger partial charge on any atom is 0.161 e. The van der Waals surface area contributed by atoms with Crippen LogP contribution >= 0.6 is 32.1 Å². The van der Waals surface area contributed by atoms with Gasteiger partial charge < -0.3 is 0 Å². The van der Waals surface area contributed by atoms with Gasteiger partial charge in [-0.05, 0) is 51.1 Å². The van der Waals surface area contributed by atoms with Gasteiger partial charge in [0.1, 0.15) is 7.35 Å². The fraction of sp³-hybridized carbons (Fsp3) is 0. The fourth-order valence-corrected chi connectivity index (χ4v) is 9.63. The van der Waals surface area contributed by atoms with Crippen LogP contribution in [0, 0.1) is 0 Å². The molecule has 2 aromatic heterocycles. The van der Waals surface area contributed by atoms with Gasteiger partial charge in [0.15, 0.2) is 11.7 Å². The van der Waals surface area contributed by atoms with Crippen LogP contribution in [0.4, 0.5) is 0 Å². The lowest BCUT2D eigenvalue weighted by atomic mass is 10.1. The largest absolute Gasteiger partial charge is 0.228 e. The molecule has 232 valence electrons. The van der Waals surface area contributed by atoms with E-state index in [-0.39, 0.29) is 0 Å². The summed E-state index contributed by atoms with van der Waals surface area (Å²) in [7, 11) is 0. The maximum absolute atomic E-state index is 5.16. The van der Waals surface area contributed by atoms with E-state index in [0.717, 1.165) is 58.2 Å². The number of aromatic nitrogens is 2. The minimum absolute atomic E-state index is 0.589. The third kappa shape index (κ3) is 5.94. The summed E-state index contributed by atoms with van der Waals surface area (Å²) in [5.74, 6) is 1.49. The number of rotatable bonds is 6. The van der Waals surface area contributed by atoms with Crippen LogP contribution in [0.1, 0.15) is 16.7 Å². The van der Waals surface area contributed by atoms with Crippen molar-refractivity contribution in [2.45, 2.75) is 0 Å². The first kappa shape index (κ1) is 29.7. The van der Waals surface area contributed by atoms with Crippen molar-refractivity contribution in [3.8, 4) is 33.9 Å². The molecular formula is C43H27IN4S. The Balaban J connectivity index is 1.14. The molecule has 0 radical (unpaired) electrons. The number of fused-ring (bicyclic) bond motifs is 3. The van der Waals surface area contributed by atoms with E-state index in [2.05, 4.69) is 109 Å². The summed E-state index contributed by atoms with van der Waals surface area (Å²) < 4.78 is 4.75. The first-order valence-electron chi connectivity index (χ1n) is 16.0. The Hall–Kier alpha value is -5.44. The summed E-state index contributed by atoms with van der Waals surface area (Å²) >= 11 is 1.23. The molecule has 0 bridgehead atoms. The number of thiophene rings is 1. The predicted molar refractivity (Wildman–Crippen MR) is 215 cm³/mol. The Morgan fingerprint density at radius 1 is 0.408 bits per heavy atom. The van der Waals surface area contributed by atoms with Crippen molar-refractivity contribution in [2.24, 2.45) is 9.98 Å². The number of nitrogens with zero attached hydrogens (tertiary/aromatic N) is 4. The molecule has 0 saturated heterocycles. The maximum atomic E-state index is 5.16. The first-order chi connectivity index (χ1) is 24.2. The highest BCUT2D eigenvalue weighted by molar-refractivity contribution is 14.2. The van der Waals surface area contributed by atoms with Gasteiger partial charge in [-0.1, -0.05) is 133 Å². The SMILES string of the molecule is c1ccc(C2=NC(c3ccccc3)=IC(c3ccc4c(c3)sc3ccc(-c5nc(-c6ccccc6)cc(-c6ccccc6)n5)cc34)=N2)cc1. The molecule has 9 rings (SSSR count). The number of amidine groups is 1. The molecular weight excluding hydrogens is 731 g/mol. The second-order valence-corrected chi connectivity index (χ2v) is 15.3. The molecule has 0 saturated carbocycles. The van der Waals surface area contributed by atoms with Crippen LogP contribution < -0.4 is 0 Å². The molecule has 0 fully saturated rings. The zero-order chi connectivity index (χ0) is 32.6. The molecule has 49 heavy (non-hydrogen) atoms. The lowest BCUT2D eigenvalue weighted by molar-refractivity contribution is 1.18. The van der Waals surface area contributed by atoms with E-state index in [0.29, 0.717) is 0 Å². The van der Waals surface area contributed by atoms with Crippen LogP contribution in [-0.2, 0) is 0 Å². The van der Waals surface area contributed by atoms with Crippen molar-refractivity contribution in [3.05, 3.63) is 180 Å². The zero-order valence-electron chi connectivity index (χ0n) is 26.2. The van der Waals surface area contributed by atoms with Crippen molar-refractivity contribution < 1.29 is 0 Å². The monoisotopic (exact) mass is 758 g/mol. The summed E-state index contributed by atoms with van der Waals surface area (Å²) in [5.41, 5.74) is 8.31. The normalized spacial score (nSPS) is 13.0. The molecule has 1 aliphatic heterocycles. The van der Waals surface area contributed by atoms with Crippen molar-refractivity contribution in [1.29, 1.82) is 0 Å². The lowest BCUT2D eigenvalue weighted by Crippen LogP contribution is -2.11. The van der Waals surface area contributed by atoms with Crippen LogP contribution in [0.25, 0.3) is 54.1 Å². The van der Waals surface area contributed by atoms with Crippen molar-refractivity contribution in [1.82, 2.24) is 9.97 Å². The molecule has 0 N–H and O–H groups in total. The number of benzene rings is 6. The second kappa shape index (κ2) is 12.9. The first-order valence-corrected chi connectivity index (χ1v) is 19.0. The molecule has 1 aliphatic rings. The van der Waals surface area contributed by atoms with Gasteiger partial charge in [-0.3, -0.25) is 0 Å². The van der Waals surface area contributed by atoms with E-state index in [1.807, 2.05) is 65.9 Å². The number of hydrogen-bond acceptors (Lipinski definition) is 5. The Labute approximate surface area is 298 Å². The van der Waals surface area contributed by atoms with E-state index >= 15 is 0 Å². The third-order valence-electron chi connectivity index (χ3n) is 8.46. The highest BCUT2D eigenvalue weighted by atomic mass is 127. The van der Waals surface area contributed by atoms with Crippen LogP contribution in [0.2, 0.25) is 0 Å². The molecule has 0 spiro atoms. The van der Waals surface area contributed by atoms with Gasteiger partial charge in [-0.25, -0.2) is 20.0 Å². The Bertz CT molecular complexity index is 2480. The van der Waals surface area contributed by atoms with E-state index in [1.165, 1.54) is 25.7 Å². The van der Waals surface area contributed by atoms with Gasteiger partial charge in [-0.2, -0.15) is 0 Å².